The van der Waals surface area contributed by atoms with Crippen molar-refractivity contribution in [2.75, 3.05) is 0 Å². The Morgan fingerprint density at radius 1 is 1.00 bits per heavy atom. The van der Waals surface area contributed by atoms with Crippen molar-refractivity contribution in [1.82, 2.24) is 0 Å². The summed E-state index contributed by atoms with van der Waals surface area (Å²) >= 11 is 0. The van der Waals surface area contributed by atoms with Gasteiger partial charge < -0.3 is 0 Å². The van der Waals surface area contributed by atoms with Crippen molar-refractivity contribution >= 4 is 6.04 Å². The van der Waals surface area contributed by atoms with E-state index in [2.05, 4.69) is 0 Å². The van der Waals surface area contributed by atoms with E-state index in [1.807, 2.05) is 0 Å². The SMILES string of the molecule is O=C(F)C1(F)CCC(F)(F)CC1. The van der Waals surface area contributed by atoms with Crippen molar-refractivity contribution in [3.63, 3.8) is 0 Å². The van der Waals surface area contributed by atoms with Gasteiger partial charge in [-0.3, -0.25) is 4.79 Å². The first-order valence-electron chi connectivity index (χ1n) is 3.62. The minimum absolute atomic E-state index is 0.713. The van der Waals surface area contributed by atoms with Crippen LogP contribution in [0.5, 0.6) is 0 Å². The summed E-state index contributed by atoms with van der Waals surface area (Å²) in [6, 6.07) is -2.13. The lowest BCUT2D eigenvalue weighted by molar-refractivity contribution is -0.150. The molecule has 0 aliphatic heterocycles. The summed E-state index contributed by atoms with van der Waals surface area (Å²) in [5.41, 5.74) is -2.65. The highest BCUT2D eigenvalue weighted by Gasteiger charge is 2.48. The van der Waals surface area contributed by atoms with Gasteiger partial charge in [-0.1, -0.05) is 0 Å². The average molecular weight is 184 g/mol. The average Bonchev–Trinajstić information content (AvgIpc) is 1.96. The first-order valence-corrected chi connectivity index (χ1v) is 3.62. The second kappa shape index (κ2) is 2.71. The van der Waals surface area contributed by atoms with Gasteiger partial charge >= 0.3 is 6.04 Å². The number of hydrogen-bond donors (Lipinski definition) is 0. The monoisotopic (exact) mass is 184 g/mol. The number of carbonyl (C=O) groups excluding carboxylic acids is 1. The highest BCUT2D eigenvalue weighted by atomic mass is 19.3. The van der Waals surface area contributed by atoms with E-state index in [-0.39, 0.29) is 0 Å². The lowest BCUT2D eigenvalue weighted by Crippen LogP contribution is -2.39. The highest BCUT2D eigenvalue weighted by molar-refractivity contribution is 5.78. The molecular weight excluding hydrogens is 176 g/mol. The summed E-state index contributed by atoms with van der Waals surface area (Å²) in [6.07, 6.45) is -2.93. The number of hydrogen-bond acceptors (Lipinski definition) is 1. The van der Waals surface area contributed by atoms with Crippen LogP contribution in [0.2, 0.25) is 0 Å². The normalized spacial score (nSPS) is 26.7. The van der Waals surface area contributed by atoms with Crippen LogP contribution in [0.4, 0.5) is 17.6 Å². The topological polar surface area (TPSA) is 17.1 Å². The number of carbonyl (C=O) groups is 1. The zero-order valence-corrected chi connectivity index (χ0v) is 6.25. The fourth-order valence-corrected chi connectivity index (χ4v) is 1.21. The van der Waals surface area contributed by atoms with Gasteiger partial charge in [0, 0.05) is 12.8 Å². The van der Waals surface area contributed by atoms with E-state index in [0.29, 0.717) is 0 Å². The summed E-state index contributed by atoms with van der Waals surface area (Å²) in [7, 11) is 0. The maximum absolute atomic E-state index is 13.0. The van der Waals surface area contributed by atoms with Crippen LogP contribution in [-0.4, -0.2) is 17.6 Å². The van der Waals surface area contributed by atoms with Crippen molar-refractivity contribution < 1.29 is 22.4 Å². The van der Waals surface area contributed by atoms with Gasteiger partial charge in [0.25, 0.3) is 0 Å². The van der Waals surface area contributed by atoms with Crippen molar-refractivity contribution in [2.45, 2.75) is 37.3 Å². The molecule has 0 amide bonds. The zero-order chi connectivity index (χ0) is 9.41. The summed E-state index contributed by atoms with van der Waals surface area (Å²) in [6.45, 7) is 0. The van der Waals surface area contributed by atoms with Crippen LogP contribution in [0.15, 0.2) is 0 Å². The van der Waals surface area contributed by atoms with Crippen LogP contribution in [-0.2, 0) is 4.79 Å². The summed E-state index contributed by atoms with van der Waals surface area (Å²) in [4.78, 5) is 10.0. The van der Waals surface area contributed by atoms with E-state index in [4.69, 9.17) is 0 Å². The molecule has 0 atom stereocenters. The van der Waals surface area contributed by atoms with Crippen LogP contribution in [0, 0.1) is 0 Å². The molecule has 1 nitrogen and oxygen atoms in total. The van der Waals surface area contributed by atoms with Gasteiger partial charge in [-0.2, -0.15) is 4.39 Å². The van der Waals surface area contributed by atoms with Gasteiger partial charge in [-0.05, 0) is 12.8 Å². The van der Waals surface area contributed by atoms with E-state index >= 15 is 0 Å². The molecule has 0 radical (unpaired) electrons. The van der Waals surface area contributed by atoms with Crippen LogP contribution >= 0.6 is 0 Å². The molecule has 1 aliphatic rings. The Morgan fingerprint density at radius 2 is 1.42 bits per heavy atom. The van der Waals surface area contributed by atoms with E-state index in [1.54, 1.807) is 0 Å². The zero-order valence-electron chi connectivity index (χ0n) is 6.25. The van der Waals surface area contributed by atoms with E-state index in [1.165, 1.54) is 0 Å². The maximum Gasteiger partial charge on any atom is 0.338 e. The third kappa shape index (κ3) is 1.76. The molecule has 5 heteroatoms. The summed E-state index contributed by atoms with van der Waals surface area (Å²) in [5, 5.41) is 0. The van der Waals surface area contributed by atoms with Crippen molar-refractivity contribution in [3.05, 3.63) is 0 Å². The highest BCUT2D eigenvalue weighted by Crippen LogP contribution is 2.41. The minimum atomic E-state index is -2.94. The molecule has 1 rings (SSSR count). The molecule has 0 aromatic carbocycles. The smallest absolute Gasteiger partial charge is 0.257 e. The molecule has 0 unspecified atom stereocenters. The van der Waals surface area contributed by atoms with Crippen molar-refractivity contribution in [2.24, 2.45) is 0 Å². The molecule has 70 valence electrons. The maximum atomic E-state index is 13.0. The predicted octanol–water partition coefficient (Wildman–Crippen LogP) is 2.40. The third-order valence-electron chi connectivity index (χ3n) is 2.13. The largest absolute Gasteiger partial charge is 0.338 e. The van der Waals surface area contributed by atoms with Crippen molar-refractivity contribution in [3.8, 4) is 0 Å². The molecule has 0 N–H and O–H groups in total. The van der Waals surface area contributed by atoms with Crippen LogP contribution in [0.1, 0.15) is 25.7 Å². The quantitative estimate of drug-likeness (QED) is 0.451. The minimum Gasteiger partial charge on any atom is -0.257 e. The van der Waals surface area contributed by atoms with E-state index in [9.17, 15) is 22.4 Å². The lowest BCUT2D eigenvalue weighted by Gasteiger charge is -2.29. The Morgan fingerprint density at radius 3 is 1.75 bits per heavy atom. The lowest BCUT2D eigenvalue weighted by atomic mass is 9.85. The molecule has 0 aromatic rings. The van der Waals surface area contributed by atoms with Gasteiger partial charge in [0.05, 0.1) is 0 Å². The summed E-state index contributed by atoms with van der Waals surface area (Å²) in [5.74, 6) is -2.94. The second-order valence-electron chi connectivity index (χ2n) is 3.09. The molecule has 1 saturated carbocycles. The van der Waals surface area contributed by atoms with Gasteiger partial charge in [0.15, 0.2) is 0 Å². The molecule has 0 saturated heterocycles. The Labute approximate surface area is 66.7 Å². The summed E-state index contributed by atoms with van der Waals surface area (Å²) < 4.78 is 49.8. The van der Waals surface area contributed by atoms with Crippen LogP contribution in [0.25, 0.3) is 0 Å². The molecule has 0 aromatic heterocycles. The van der Waals surface area contributed by atoms with E-state index < -0.39 is 43.3 Å². The number of alkyl halides is 3. The Bertz CT molecular complexity index is 192. The predicted molar refractivity (Wildman–Crippen MR) is 33.4 cm³/mol. The molecular formula is C7H8F4O. The number of rotatable bonds is 1. The Kier molecular flexibility index (Phi) is 2.14. The van der Waals surface area contributed by atoms with Crippen LogP contribution < -0.4 is 0 Å². The molecule has 0 bridgehead atoms. The standard InChI is InChI=1S/C7H8F4O/c8-5(12)6(9)1-3-7(10,11)4-2-6/h1-4H2. The van der Waals surface area contributed by atoms with Crippen LogP contribution in [0.3, 0.4) is 0 Å². The van der Waals surface area contributed by atoms with Gasteiger partial charge in [-0.15, -0.1) is 0 Å². The van der Waals surface area contributed by atoms with Gasteiger partial charge in [0.2, 0.25) is 11.6 Å². The van der Waals surface area contributed by atoms with E-state index in [0.717, 1.165) is 0 Å². The third-order valence-corrected chi connectivity index (χ3v) is 2.13. The first kappa shape index (κ1) is 9.48. The fraction of sp³-hybridized carbons (Fsp3) is 0.857. The second-order valence-corrected chi connectivity index (χ2v) is 3.09. The first-order chi connectivity index (χ1) is 5.36. The van der Waals surface area contributed by atoms with Gasteiger partial charge in [0.1, 0.15) is 0 Å². The molecule has 0 spiro atoms. The van der Waals surface area contributed by atoms with Gasteiger partial charge in [-0.25, -0.2) is 13.2 Å². The van der Waals surface area contributed by atoms with Crippen molar-refractivity contribution in [1.29, 1.82) is 0 Å². The molecule has 1 fully saturated rings. The fourth-order valence-electron chi connectivity index (χ4n) is 1.21. The molecule has 12 heavy (non-hydrogen) atoms. The number of halogens is 4. The Hall–Kier alpha value is -0.610. The molecule has 1 aliphatic carbocycles. The molecule has 0 heterocycles. The Balaban J connectivity index is 2.62.